The Morgan fingerprint density at radius 3 is 2.53 bits per heavy atom. The summed E-state index contributed by atoms with van der Waals surface area (Å²) < 4.78 is 0. The number of rotatable bonds is 7. The first-order chi connectivity index (χ1) is 9.17. The van der Waals surface area contributed by atoms with E-state index in [1.165, 1.54) is 19.3 Å². The van der Waals surface area contributed by atoms with Gasteiger partial charge in [-0.05, 0) is 37.6 Å². The van der Waals surface area contributed by atoms with Crippen LogP contribution in [0, 0.1) is 11.3 Å². The zero-order chi connectivity index (χ0) is 14.1. The molecule has 0 aromatic heterocycles. The van der Waals surface area contributed by atoms with E-state index in [0.29, 0.717) is 11.1 Å². The Labute approximate surface area is 115 Å². The number of benzene rings is 1. The predicted octanol–water partition coefficient (Wildman–Crippen LogP) is 3.65. The number of nitriles is 1. The van der Waals surface area contributed by atoms with E-state index in [1.54, 1.807) is 24.3 Å². The Morgan fingerprint density at radius 2 is 1.95 bits per heavy atom. The number of hydrogen-bond acceptors (Lipinski definition) is 2. The van der Waals surface area contributed by atoms with Crippen LogP contribution in [0.3, 0.4) is 0 Å². The topological polar surface area (TPSA) is 52.9 Å². The summed E-state index contributed by atoms with van der Waals surface area (Å²) in [6, 6.07) is 8.96. The molecule has 1 aromatic rings. The fourth-order valence-electron chi connectivity index (χ4n) is 1.95. The van der Waals surface area contributed by atoms with E-state index in [4.69, 9.17) is 5.26 Å². The lowest BCUT2D eigenvalue weighted by molar-refractivity contribution is 0.0938. The fourth-order valence-corrected chi connectivity index (χ4v) is 1.95. The van der Waals surface area contributed by atoms with Gasteiger partial charge in [-0.2, -0.15) is 5.26 Å². The van der Waals surface area contributed by atoms with Gasteiger partial charge in [0, 0.05) is 11.6 Å². The van der Waals surface area contributed by atoms with Crippen LogP contribution in [0.25, 0.3) is 0 Å². The first-order valence-corrected chi connectivity index (χ1v) is 6.98. The summed E-state index contributed by atoms with van der Waals surface area (Å²) >= 11 is 0. The van der Waals surface area contributed by atoms with Crippen molar-refractivity contribution in [2.24, 2.45) is 0 Å². The largest absolute Gasteiger partial charge is 0.350 e. The number of nitrogens with one attached hydrogen (secondary N) is 1. The molecule has 0 aliphatic carbocycles. The Kier molecular flexibility index (Phi) is 6.67. The van der Waals surface area contributed by atoms with Gasteiger partial charge in [-0.1, -0.05) is 32.6 Å². The van der Waals surface area contributed by atoms with Crippen molar-refractivity contribution in [2.75, 3.05) is 0 Å². The van der Waals surface area contributed by atoms with Gasteiger partial charge < -0.3 is 5.32 Å². The number of unbranched alkanes of at least 4 members (excludes halogenated alkanes) is 3. The van der Waals surface area contributed by atoms with E-state index in [0.717, 1.165) is 12.8 Å². The molecule has 0 aliphatic heterocycles. The standard InChI is InChI=1S/C16H22N2O/c1-3-4-5-6-7-13(2)18-16(19)15-10-8-14(12-17)9-11-15/h8-11,13H,3-7H2,1-2H3,(H,18,19). The average Bonchev–Trinajstić information content (AvgIpc) is 2.43. The van der Waals surface area contributed by atoms with Crippen molar-refractivity contribution in [1.29, 1.82) is 5.26 Å². The molecule has 1 aromatic carbocycles. The summed E-state index contributed by atoms with van der Waals surface area (Å²) in [7, 11) is 0. The highest BCUT2D eigenvalue weighted by Crippen LogP contribution is 2.07. The Balaban J connectivity index is 2.39. The van der Waals surface area contributed by atoms with E-state index in [1.807, 2.05) is 13.0 Å². The van der Waals surface area contributed by atoms with Crippen LogP contribution in [-0.4, -0.2) is 11.9 Å². The quantitative estimate of drug-likeness (QED) is 0.759. The van der Waals surface area contributed by atoms with Crippen LogP contribution in [0.4, 0.5) is 0 Å². The lowest BCUT2D eigenvalue weighted by Gasteiger charge is -2.13. The highest BCUT2D eigenvalue weighted by Gasteiger charge is 2.09. The lowest BCUT2D eigenvalue weighted by atomic mass is 10.1. The minimum Gasteiger partial charge on any atom is -0.350 e. The Bertz CT molecular complexity index is 431. The number of carbonyl (C=O) groups excluding carboxylic acids is 1. The molecule has 0 saturated heterocycles. The number of amides is 1. The van der Waals surface area contributed by atoms with Gasteiger partial charge in [-0.3, -0.25) is 4.79 Å². The Morgan fingerprint density at radius 1 is 1.26 bits per heavy atom. The van der Waals surface area contributed by atoms with Gasteiger partial charge in [0.25, 0.3) is 5.91 Å². The smallest absolute Gasteiger partial charge is 0.251 e. The van der Waals surface area contributed by atoms with Crippen LogP contribution in [0.1, 0.15) is 61.9 Å². The average molecular weight is 258 g/mol. The van der Waals surface area contributed by atoms with Crippen LogP contribution < -0.4 is 5.32 Å². The molecule has 1 rings (SSSR count). The second-order valence-corrected chi connectivity index (χ2v) is 4.91. The summed E-state index contributed by atoms with van der Waals surface area (Å²) in [5, 5.41) is 11.7. The first-order valence-electron chi connectivity index (χ1n) is 6.98. The number of nitrogens with zero attached hydrogens (tertiary/aromatic N) is 1. The summed E-state index contributed by atoms with van der Waals surface area (Å²) in [5.41, 5.74) is 1.18. The molecule has 0 spiro atoms. The molecule has 1 atom stereocenters. The fraction of sp³-hybridized carbons (Fsp3) is 0.500. The van der Waals surface area contributed by atoms with Gasteiger partial charge in [-0.15, -0.1) is 0 Å². The minimum atomic E-state index is -0.0625. The van der Waals surface area contributed by atoms with E-state index in [2.05, 4.69) is 12.2 Å². The molecule has 0 heterocycles. The SMILES string of the molecule is CCCCCCC(C)NC(=O)c1ccc(C#N)cc1. The molecule has 0 radical (unpaired) electrons. The van der Waals surface area contributed by atoms with Crippen molar-refractivity contribution in [3.63, 3.8) is 0 Å². The van der Waals surface area contributed by atoms with Crippen molar-refractivity contribution in [2.45, 2.75) is 52.0 Å². The molecule has 102 valence electrons. The van der Waals surface area contributed by atoms with E-state index >= 15 is 0 Å². The predicted molar refractivity (Wildman–Crippen MR) is 76.8 cm³/mol. The molecule has 0 fully saturated rings. The maximum absolute atomic E-state index is 11.9. The molecular formula is C16H22N2O. The van der Waals surface area contributed by atoms with Crippen LogP contribution in [0.15, 0.2) is 24.3 Å². The zero-order valence-electron chi connectivity index (χ0n) is 11.8. The van der Waals surface area contributed by atoms with Crippen LogP contribution in [0.2, 0.25) is 0 Å². The molecular weight excluding hydrogens is 236 g/mol. The van der Waals surface area contributed by atoms with Crippen LogP contribution in [-0.2, 0) is 0 Å². The Hall–Kier alpha value is -1.82. The van der Waals surface area contributed by atoms with Gasteiger partial charge in [0.05, 0.1) is 11.6 Å². The summed E-state index contributed by atoms with van der Waals surface area (Å²) in [4.78, 5) is 11.9. The summed E-state index contributed by atoms with van der Waals surface area (Å²) in [6.07, 6.45) is 5.89. The molecule has 0 bridgehead atoms. The normalized spacial score (nSPS) is 11.6. The molecule has 0 aliphatic rings. The van der Waals surface area contributed by atoms with Gasteiger partial charge in [0.1, 0.15) is 0 Å². The molecule has 3 heteroatoms. The molecule has 1 amide bonds. The van der Waals surface area contributed by atoms with Crippen molar-refractivity contribution >= 4 is 5.91 Å². The summed E-state index contributed by atoms with van der Waals surface area (Å²) in [5.74, 6) is -0.0625. The molecule has 19 heavy (non-hydrogen) atoms. The molecule has 0 saturated carbocycles. The maximum atomic E-state index is 11.9. The summed E-state index contributed by atoms with van der Waals surface area (Å²) in [6.45, 7) is 4.23. The third kappa shape index (κ3) is 5.56. The van der Waals surface area contributed by atoms with Gasteiger partial charge in [0.15, 0.2) is 0 Å². The van der Waals surface area contributed by atoms with Crippen molar-refractivity contribution in [1.82, 2.24) is 5.32 Å². The molecule has 1 N–H and O–H groups in total. The monoisotopic (exact) mass is 258 g/mol. The first kappa shape index (κ1) is 15.2. The second kappa shape index (κ2) is 8.31. The number of carbonyl (C=O) groups is 1. The minimum absolute atomic E-state index is 0.0625. The van der Waals surface area contributed by atoms with Crippen molar-refractivity contribution in [3.05, 3.63) is 35.4 Å². The second-order valence-electron chi connectivity index (χ2n) is 4.91. The van der Waals surface area contributed by atoms with Crippen molar-refractivity contribution in [3.8, 4) is 6.07 Å². The highest BCUT2D eigenvalue weighted by atomic mass is 16.1. The molecule has 1 unspecified atom stereocenters. The van der Waals surface area contributed by atoms with Crippen molar-refractivity contribution < 1.29 is 4.79 Å². The van der Waals surface area contributed by atoms with Gasteiger partial charge in [-0.25, -0.2) is 0 Å². The van der Waals surface area contributed by atoms with E-state index in [-0.39, 0.29) is 11.9 Å². The van der Waals surface area contributed by atoms with E-state index < -0.39 is 0 Å². The van der Waals surface area contributed by atoms with Crippen LogP contribution in [0.5, 0.6) is 0 Å². The molecule has 3 nitrogen and oxygen atoms in total. The van der Waals surface area contributed by atoms with Crippen LogP contribution >= 0.6 is 0 Å². The van der Waals surface area contributed by atoms with Gasteiger partial charge >= 0.3 is 0 Å². The van der Waals surface area contributed by atoms with Gasteiger partial charge in [0.2, 0.25) is 0 Å². The maximum Gasteiger partial charge on any atom is 0.251 e. The lowest BCUT2D eigenvalue weighted by Crippen LogP contribution is -2.32. The third-order valence-corrected chi connectivity index (χ3v) is 3.14. The number of hydrogen-bond donors (Lipinski definition) is 1. The highest BCUT2D eigenvalue weighted by molar-refractivity contribution is 5.94. The third-order valence-electron chi connectivity index (χ3n) is 3.14. The zero-order valence-corrected chi connectivity index (χ0v) is 11.8. The van der Waals surface area contributed by atoms with E-state index in [9.17, 15) is 4.79 Å².